The normalized spacial score (nSPS) is 16.3. The molecule has 3 rings (SSSR count). The summed E-state index contributed by atoms with van der Waals surface area (Å²) in [5, 5.41) is 5.39. The highest BCUT2D eigenvalue weighted by Gasteiger charge is 2.19. The average Bonchev–Trinajstić information content (AvgIpc) is 3.05. The van der Waals surface area contributed by atoms with Gasteiger partial charge in [0, 0.05) is 18.9 Å². The second-order valence-electron chi connectivity index (χ2n) is 5.60. The van der Waals surface area contributed by atoms with Crippen molar-refractivity contribution < 1.29 is 4.79 Å². The fraction of sp³-hybridized carbons (Fsp3) is 0.500. The van der Waals surface area contributed by atoms with Crippen LogP contribution < -0.4 is 0 Å². The second-order valence-corrected chi connectivity index (χ2v) is 5.60. The topological polar surface area (TPSA) is 34.9 Å². The first kappa shape index (κ1) is 12.4. The van der Waals surface area contributed by atoms with Gasteiger partial charge in [-0.3, -0.25) is 9.48 Å². The summed E-state index contributed by atoms with van der Waals surface area (Å²) in [4.78, 5) is 12.4. The number of hydrogen-bond acceptors (Lipinski definition) is 2. The first-order valence-corrected chi connectivity index (χ1v) is 7.20. The molecule has 0 atom stereocenters. The maximum absolute atomic E-state index is 12.4. The van der Waals surface area contributed by atoms with Crippen LogP contribution in [0.3, 0.4) is 0 Å². The van der Waals surface area contributed by atoms with Crippen molar-refractivity contribution in [3.63, 3.8) is 0 Å². The predicted octanol–water partition coefficient (Wildman–Crippen LogP) is 3.73. The number of carbonyl (C=O) groups is 1. The lowest BCUT2D eigenvalue weighted by molar-refractivity contribution is 0.0970. The number of aromatic nitrogens is 2. The van der Waals surface area contributed by atoms with Crippen molar-refractivity contribution in [2.45, 2.75) is 38.5 Å². The molecular weight excluding hydrogens is 236 g/mol. The van der Waals surface area contributed by atoms with Gasteiger partial charge in [-0.1, -0.05) is 43.9 Å². The molecule has 0 N–H and O–H groups in total. The Bertz CT molecular complexity index is 594. The second kappa shape index (κ2) is 5.16. The van der Waals surface area contributed by atoms with Crippen LogP contribution >= 0.6 is 0 Å². The summed E-state index contributed by atoms with van der Waals surface area (Å²) in [5.41, 5.74) is 1.68. The zero-order valence-electron chi connectivity index (χ0n) is 11.4. The molecule has 0 saturated heterocycles. The lowest BCUT2D eigenvalue weighted by Gasteiger charge is -2.06. The summed E-state index contributed by atoms with van der Waals surface area (Å²) in [6.07, 6.45) is 6.96. The van der Waals surface area contributed by atoms with E-state index in [1.165, 1.54) is 25.7 Å². The molecule has 1 aromatic carbocycles. The number of carbonyl (C=O) groups excluding carboxylic acids is 1. The zero-order chi connectivity index (χ0) is 13.2. The van der Waals surface area contributed by atoms with Crippen molar-refractivity contribution >= 4 is 16.7 Å². The summed E-state index contributed by atoms with van der Waals surface area (Å²) in [5.74, 6) is 0.961. The molecular formula is C16H20N2O. The molecule has 1 heterocycles. The van der Waals surface area contributed by atoms with Crippen molar-refractivity contribution in [1.29, 1.82) is 0 Å². The Labute approximate surface area is 113 Å². The van der Waals surface area contributed by atoms with Crippen LogP contribution in [0.5, 0.6) is 0 Å². The van der Waals surface area contributed by atoms with Gasteiger partial charge in [0.25, 0.3) is 0 Å². The molecule has 3 nitrogen and oxygen atoms in total. The van der Waals surface area contributed by atoms with Crippen LogP contribution in [0, 0.1) is 5.92 Å². The number of benzene rings is 1. The van der Waals surface area contributed by atoms with Crippen LogP contribution in [0.1, 0.15) is 49.0 Å². The van der Waals surface area contributed by atoms with E-state index in [9.17, 15) is 4.79 Å². The molecule has 0 aliphatic heterocycles. The Morgan fingerprint density at radius 1 is 1.32 bits per heavy atom. The van der Waals surface area contributed by atoms with Crippen molar-refractivity contribution in [3.05, 3.63) is 30.0 Å². The molecule has 1 aromatic heterocycles. The number of Topliss-reactive ketones (excluding diaryl/α,β-unsaturated/α-hetero) is 1. The standard InChI is InChI=1S/C16H20N2O/c1-18-14-9-5-4-8-13(14)16(17-18)15(19)11-10-12-6-2-3-7-12/h4-5,8-9,12H,2-3,6-7,10-11H2,1H3. The Morgan fingerprint density at radius 2 is 2.05 bits per heavy atom. The highest BCUT2D eigenvalue weighted by Crippen LogP contribution is 2.29. The van der Waals surface area contributed by atoms with Crippen LogP contribution in [0.2, 0.25) is 0 Å². The monoisotopic (exact) mass is 256 g/mol. The largest absolute Gasteiger partial charge is 0.292 e. The van der Waals surface area contributed by atoms with Gasteiger partial charge in [0.05, 0.1) is 5.52 Å². The summed E-state index contributed by atoms with van der Waals surface area (Å²) in [7, 11) is 1.90. The van der Waals surface area contributed by atoms with Gasteiger partial charge in [0.15, 0.2) is 5.78 Å². The average molecular weight is 256 g/mol. The Hall–Kier alpha value is -1.64. The van der Waals surface area contributed by atoms with E-state index in [1.807, 2.05) is 31.3 Å². The van der Waals surface area contributed by atoms with Crippen molar-refractivity contribution in [2.24, 2.45) is 13.0 Å². The summed E-state index contributed by atoms with van der Waals surface area (Å²) >= 11 is 0. The minimum atomic E-state index is 0.198. The van der Waals surface area contributed by atoms with E-state index < -0.39 is 0 Å². The minimum Gasteiger partial charge on any atom is -0.292 e. The third-order valence-electron chi connectivity index (χ3n) is 4.28. The highest BCUT2D eigenvalue weighted by atomic mass is 16.1. The van der Waals surface area contributed by atoms with Crippen LogP contribution in [-0.2, 0) is 7.05 Å². The van der Waals surface area contributed by atoms with E-state index in [0.717, 1.165) is 23.2 Å². The van der Waals surface area contributed by atoms with Crippen molar-refractivity contribution in [1.82, 2.24) is 9.78 Å². The van der Waals surface area contributed by atoms with Gasteiger partial charge in [0.1, 0.15) is 5.69 Å². The highest BCUT2D eigenvalue weighted by molar-refractivity contribution is 6.05. The van der Waals surface area contributed by atoms with Crippen LogP contribution in [0.15, 0.2) is 24.3 Å². The van der Waals surface area contributed by atoms with Gasteiger partial charge in [0.2, 0.25) is 0 Å². The number of rotatable bonds is 4. The number of fused-ring (bicyclic) bond motifs is 1. The maximum Gasteiger partial charge on any atom is 0.183 e. The van der Waals surface area contributed by atoms with Crippen molar-refractivity contribution in [2.75, 3.05) is 0 Å². The van der Waals surface area contributed by atoms with E-state index in [-0.39, 0.29) is 5.78 Å². The molecule has 0 bridgehead atoms. The Morgan fingerprint density at radius 3 is 2.84 bits per heavy atom. The first-order valence-electron chi connectivity index (χ1n) is 7.20. The van der Waals surface area contributed by atoms with E-state index in [2.05, 4.69) is 5.10 Å². The molecule has 1 aliphatic rings. The summed E-state index contributed by atoms with van der Waals surface area (Å²) in [6.45, 7) is 0. The number of aryl methyl sites for hydroxylation is 1. The van der Waals surface area contributed by atoms with Gasteiger partial charge in [-0.05, 0) is 18.4 Å². The third-order valence-corrected chi connectivity index (χ3v) is 4.28. The maximum atomic E-state index is 12.4. The van der Waals surface area contributed by atoms with Gasteiger partial charge in [-0.15, -0.1) is 0 Å². The van der Waals surface area contributed by atoms with E-state index >= 15 is 0 Å². The third kappa shape index (κ3) is 2.42. The van der Waals surface area contributed by atoms with Gasteiger partial charge < -0.3 is 0 Å². The fourth-order valence-corrected chi connectivity index (χ4v) is 3.17. The van der Waals surface area contributed by atoms with Crippen molar-refractivity contribution in [3.8, 4) is 0 Å². The summed E-state index contributed by atoms with van der Waals surface area (Å²) in [6, 6.07) is 7.95. The molecule has 1 saturated carbocycles. The van der Waals surface area contributed by atoms with Crippen LogP contribution in [0.25, 0.3) is 10.9 Å². The molecule has 1 aliphatic carbocycles. The minimum absolute atomic E-state index is 0.198. The SMILES string of the molecule is Cn1nc(C(=O)CCC2CCCC2)c2ccccc21. The quantitative estimate of drug-likeness (QED) is 0.781. The fourth-order valence-electron chi connectivity index (χ4n) is 3.17. The van der Waals surface area contributed by atoms with Crippen LogP contribution in [-0.4, -0.2) is 15.6 Å². The summed E-state index contributed by atoms with van der Waals surface area (Å²) < 4.78 is 1.80. The Kier molecular flexibility index (Phi) is 3.36. The predicted molar refractivity (Wildman–Crippen MR) is 76.2 cm³/mol. The Balaban J connectivity index is 1.77. The van der Waals surface area contributed by atoms with Gasteiger partial charge >= 0.3 is 0 Å². The van der Waals surface area contributed by atoms with Gasteiger partial charge in [-0.25, -0.2) is 0 Å². The molecule has 0 radical (unpaired) electrons. The number of hydrogen-bond donors (Lipinski definition) is 0. The molecule has 1 fully saturated rings. The molecule has 2 aromatic rings. The number of ketones is 1. The molecule has 3 heteroatoms. The molecule has 100 valence electrons. The number of nitrogens with zero attached hydrogens (tertiary/aromatic N) is 2. The smallest absolute Gasteiger partial charge is 0.183 e. The molecule has 0 unspecified atom stereocenters. The lowest BCUT2D eigenvalue weighted by atomic mass is 9.98. The van der Waals surface area contributed by atoms with E-state index in [4.69, 9.17) is 0 Å². The molecule has 0 amide bonds. The number of para-hydroxylation sites is 1. The molecule has 19 heavy (non-hydrogen) atoms. The zero-order valence-corrected chi connectivity index (χ0v) is 11.4. The van der Waals surface area contributed by atoms with E-state index in [1.54, 1.807) is 4.68 Å². The lowest BCUT2D eigenvalue weighted by Crippen LogP contribution is -2.04. The van der Waals surface area contributed by atoms with Crippen LogP contribution in [0.4, 0.5) is 0 Å². The first-order chi connectivity index (χ1) is 9.25. The van der Waals surface area contributed by atoms with E-state index in [0.29, 0.717) is 12.1 Å². The molecule has 0 spiro atoms. The van der Waals surface area contributed by atoms with Gasteiger partial charge in [-0.2, -0.15) is 5.10 Å².